The second-order valence-electron chi connectivity index (χ2n) is 1.90. The zero-order chi connectivity index (χ0) is 6.78. The molecule has 0 saturated carbocycles. The first-order valence-electron chi connectivity index (χ1n) is 2.37. The molecule has 4 heteroatoms. The summed E-state index contributed by atoms with van der Waals surface area (Å²) in [5.74, 6) is 0. The third-order valence-electron chi connectivity index (χ3n) is 0.399. The summed E-state index contributed by atoms with van der Waals surface area (Å²) in [6.45, 7) is 4.22. The fourth-order valence-corrected chi connectivity index (χ4v) is 1.13. The van der Waals surface area contributed by atoms with Crippen LogP contribution in [0.3, 0.4) is 0 Å². The molecule has 0 unspecified atom stereocenters. The van der Waals surface area contributed by atoms with Crippen molar-refractivity contribution in [2.75, 3.05) is 6.66 Å². The van der Waals surface area contributed by atoms with Crippen molar-refractivity contribution in [1.29, 1.82) is 0 Å². The highest BCUT2D eigenvalue weighted by Crippen LogP contribution is 2.44. The second-order valence-corrected chi connectivity index (χ2v) is 3.61. The van der Waals surface area contributed by atoms with Crippen LogP contribution in [-0.4, -0.2) is 12.8 Å². The van der Waals surface area contributed by atoms with Gasteiger partial charge in [-0.1, -0.05) is 0 Å². The lowest BCUT2D eigenvalue weighted by Gasteiger charge is -2.06. The summed E-state index contributed by atoms with van der Waals surface area (Å²) in [7, 11) is -3.72. The van der Waals surface area contributed by atoms with E-state index < -0.39 is 7.68 Å². The van der Waals surface area contributed by atoms with Crippen LogP contribution in [0.1, 0.15) is 13.8 Å². The fraction of sp³-hybridized carbons (Fsp3) is 1.00. The number of hydrogen-bond donors (Lipinski definition) is 0. The van der Waals surface area contributed by atoms with Crippen LogP contribution in [0.15, 0.2) is 0 Å². The maximum atomic E-state index is 12.0. The average molecular weight is 140 g/mol. The van der Waals surface area contributed by atoms with Crippen LogP contribution in [0.25, 0.3) is 0 Å². The van der Waals surface area contributed by atoms with Crippen molar-refractivity contribution >= 4 is 7.68 Å². The summed E-state index contributed by atoms with van der Waals surface area (Å²) in [6.07, 6.45) is -0.296. The molecule has 0 heterocycles. The van der Waals surface area contributed by atoms with Crippen molar-refractivity contribution < 1.29 is 13.3 Å². The van der Waals surface area contributed by atoms with Gasteiger partial charge in [-0.3, -0.25) is 4.57 Å². The molecule has 0 aliphatic carbocycles. The third kappa shape index (κ3) is 6.12. The number of rotatable bonds is 2. The molecule has 0 rings (SSSR count). The van der Waals surface area contributed by atoms with Gasteiger partial charge in [0.05, 0.1) is 6.10 Å². The normalized spacial score (nSPS) is 18.6. The topological polar surface area (TPSA) is 26.3 Å². The quantitative estimate of drug-likeness (QED) is 0.549. The molecule has 0 radical (unpaired) electrons. The van der Waals surface area contributed by atoms with Crippen LogP contribution in [0.4, 0.5) is 4.20 Å². The number of hydrogen-bond acceptors (Lipinski definition) is 2. The molecule has 1 atom stereocenters. The molecular formula is C4H10FO2P. The first kappa shape index (κ1) is 8.12. The van der Waals surface area contributed by atoms with Gasteiger partial charge in [0.15, 0.2) is 0 Å². The minimum absolute atomic E-state index is 0.296. The maximum absolute atomic E-state index is 12.0. The predicted molar refractivity (Wildman–Crippen MR) is 30.9 cm³/mol. The SMILES string of the molecule is CC(C)O[P@@](C)(=O)F. The van der Waals surface area contributed by atoms with Crippen LogP contribution in [0, 0.1) is 0 Å². The highest BCUT2D eigenvalue weighted by Gasteiger charge is 2.13. The molecule has 0 aromatic carbocycles. The molecular weight excluding hydrogens is 130 g/mol. The molecule has 0 saturated heterocycles. The maximum Gasteiger partial charge on any atom is 0.364 e. The first-order chi connectivity index (χ1) is 3.42. The Morgan fingerprint density at radius 3 is 2.00 bits per heavy atom. The lowest BCUT2D eigenvalue weighted by Crippen LogP contribution is -1.96. The summed E-state index contributed by atoms with van der Waals surface area (Å²) in [4.78, 5) is 0. The molecule has 8 heavy (non-hydrogen) atoms. The van der Waals surface area contributed by atoms with Crippen LogP contribution in [0.2, 0.25) is 0 Å². The zero-order valence-electron chi connectivity index (χ0n) is 5.22. The van der Waals surface area contributed by atoms with E-state index in [9.17, 15) is 8.76 Å². The van der Waals surface area contributed by atoms with E-state index in [1.54, 1.807) is 13.8 Å². The molecule has 0 aliphatic rings. The van der Waals surface area contributed by atoms with Gasteiger partial charge in [-0.25, -0.2) is 0 Å². The van der Waals surface area contributed by atoms with E-state index in [0.29, 0.717) is 0 Å². The van der Waals surface area contributed by atoms with Crippen molar-refractivity contribution in [1.82, 2.24) is 0 Å². The lowest BCUT2D eigenvalue weighted by molar-refractivity contribution is 0.227. The summed E-state index contributed by atoms with van der Waals surface area (Å²) in [6, 6.07) is 0. The Balaban J connectivity index is 3.56. The monoisotopic (exact) mass is 140 g/mol. The lowest BCUT2D eigenvalue weighted by atomic mass is 10.5. The summed E-state index contributed by atoms with van der Waals surface area (Å²) in [5.41, 5.74) is 0. The molecule has 0 amide bonds. The third-order valence-corrected chi connectivity index (χ3v) is 1.20. The van der Waals surface area contributed by atoms with Crippen molar-refractivity contribution in [2.24, 2.45) is 0 Å². The Hall–Kier alpha value is 0.120. The highest BCUT2D eigenvalue weighted by atomic mass is 31.2. The standard InChI is InChI=1S/C4H10FO2P/c1-4(2)7-8(3,5)6/h4H,1-3H3/t8-/m1/s1. The molecule has 0 bridgehead atoms. The van der Waals surface area contributed by atoms with Crippen molar-refractivity contribution in [3.63, 3.8) is 0 Å². The van der Waals surface area contributed by atoms with Gasteiger partial charge in [0.1, 0.15) is 0 Å². The van der Waals surface area contributed by atoms with Gasteiger partial charge in [-0.2, -0.15) is 4.20 Å². The molecule has 0 aliphatic heterocycles. The Labute approximate surface area is 48.6 Å². The summed E-state index contributed by atoms with van der Waals surface area (Å²) in [5, 5.41) is 0. The molecule has 2 nitrogen and oxygen atoms in total. The van der Waals surface area contributed by atoms with Crippen molar-refractivity contribution in [3.8, 4) is 0 Å². The van der Waals surface area contributed by atoms with E-state index in [0.717, 1.165) is 6.66 Å². The largest absolute Gasteiger partial charge is 0.364 e. The highest BCUT2D eigenvalue weighted by molar-refractivity contribution is 7.52. The van der Waals surface area contributed by atoms with E-state index >= 15 is 0 Å². The smallest absolute Gasteiger partial charge is 0.303 e. The molecule has 0 aromatic rings. The van der Waals surface area contributed by atoms with Gasteiger partial charge < -0.3 is 4.52 Å². The number of halogens is 1. The Morgan fingerprint density at radius 1 is 1.62 bits per heavy atom. The van der Waals surface area contributed by atoms with E-state index in [1.807, 2.05) is 0 Å². The van der Waals surface area contributed by atoms with E-state index in [2.05, 4.69) is 4.52 Å². The minimum atomic E-state index is -3.72. The molecule has 0 spiro atoms. The van der Waals surface area contributed by atoms with Crippen molar-refractivity contribution in [3.05, 3.63) is 0 Å². The summed E-state index contributed by atoms with van der Waals surface area (Å²) < 4.78 is 26.4. The van der Waals surface area contributed by atoms with Gasteiger partial charge in [-0.15, -0.1) is 0 Å². The molecule has 0 N–H and O–H groups in total. The van der Waals surface area contributed by atoms with E-state index in [-0.39, 0.29) is 6.10 Å². The van der Waals surface area contributed by atoms with Gasteiger partial charge in [0.2, 0.25) is 0 Å². The first-order valence-corrected chi connectivity index (χ1v) is 4.33. The van der Waals surface area contributed by atoms with Gasteiger partial charge in [-0.05, 0) is 13.8 Å². The van der Waals surface area contributed by atoms with Crippen molar-refractivity contribution in [2.45, 2.75) is 20.0 Å². The summed E-state index contributed by atoms with van der Waals surface area (Å²) >= 11 is 0. The van der Waals surface area contributed by atoms with E-state index in [1.165, 1.54) is 0 Å². The van der Waals surface area contributed by atoms with Crippen LogP contribution < -0.4 is 0 Å². The predicted octanol–water partition coefficient (Wildman–Crippen LogP) is 2.20. The Kier molecular flexibility index (Phi) is 2.64. The fourth-order valence-electron chi connectivity index (χ4n) is 0.377. The van der Waals surface area contributed by atoms with Gasteiger partial charge in [0.25, 0.3) is 0 Å². The molecule has 0 aromatic heterocycles. The van der Waals surface area contributed by atoms with Gasteiger partial charge >= 0.3 is 7.68 Å². The molecule has 50 valence electrons. The second kappa shape index (κ2) is 2.60. The van der Waals surface area contributed by atoms with Crippen LogP contribution >= 0.6 is 7.68 Å². The van der Waals surface area contributed by atoms with E-state index in [4.69, 9.17) is 0 Å². The molecule has 0 fully saturated rings. The Bertz CT molecular complexity index is 107. The minimum Gasteiger partial charge on any atom is -0.303 e. The van der Waals surface area contributed by atoms with Gasteiger partial charge in [0, 0.05) is 6.66 Å². The van der Waals surface area contributed by atoms with Crippen LogP contribution in [-0.2, 0) is 9.09 Å². The zero-order valence-corrected chi connectivity index (χ0v) is 6.11. The van der Waals surface area contributed by atoms with Crippen LogP contribution in [0.5, 0.6) is 0 Å². The average Bonchev–Trinajstić information content (AvgIpc) is 1.21. The Morgan fingerprint density at radius 2 is 2.00 bits per heavy atom.